The van der Waals surface area contributed by atoms with Crippen LogP contribution in [0, 0.1) is 5.41 Å². The average molecular weight is 307 g/mol. The van der Waals surface area contributed by atoms with E-state index in [2.05, 4.69) is 20.8 Å². The molecule has 1 aliphatic carbocycles. The molecule has 0 unspecified atom stereocenters. The summed E-state index contributed by atoms with van der Waals surface area (Å²) < 4.78 is 0. The Hall–Kier alpha value is -1.52. The average Bonchev–Trinajstić information content (AvgIpc) is 2.46. The molecule has 1 saturated heterocycles. The first-order valence-corrected chi connectivity index (χ1v) is 8.32. The first-order chi connectivity index (χ1) is 10.3. The number of nitrogens with zero attached hydrogens (tertiary/aromatic N) is 2. The van der Waals surface area contributed by atoms with Crippen LogP contribution in [0.4, 0.5) is 4.79 Å². The molecule has 0 spiro atoms. The molecule has 5 nitrogen and oxygen atoms in total. The monoisotopic (exact) mass is 307 g/mol. The second-order valence-corrected chi connectivity index (χ2v) is 7.20. The van der Waals surface area contributed by atoms with Gasteiger partial charge in [0.15, 0.2) is 0 Å². The fraction of sp³-hybridized carbons (Fsp3) is 0.765. The van der Waals surface area contributed by atoms with Crippen LogP contribution in [0.1, 0.15) is 52.9 Å². The third-order valence-corrected chi connectivity index (χ3v) is 5.22. The lowest BCUT2D eigenvalue weighted by Gasteiger charge is -2.36. The highest BCUT2D eigenvalue weighted by Crippen LogP contribution is 2.42. The van der Waals surface area contributed by atoms with Crippen molar-refractivity contribution in [1.29, 1.82) is 0 Å². The van der Waals surface area contributed by atoms with Crippen molar-refractivity contribution in [2.24, 2.45) is 11.1 Å². The number of urea groups is 1. The van der Waals surface area contributed by atoms with Crippen LogP contribution in [-0.4, -0.2) is 47.9 Å². The zero-order valence-corrected chi connectivity index (χ0v) is 14.2. The molecule has 2 aliphatic rings. The lowest BCUT2D eigenvalue weighted by molar-refractivity contribution is -0.132. The molecule has 2 rings (SSSR count). The maximum Gasteiger partial charge on any atom is 0.314 e. The number of hydrogen-bond acceptors (Lipinski definition) is 2. The Morgan fingerprint density at radius 2 is 1.73 bits per heavy atom. The van der Waals surface area contributed by atoms with E-state index in [0.29, 0.717) is 32.6 Å². The zero-order valence-electron chi connectivity index (χ0n) is 14.2. The van der Waals surface area contributed by atoms with Gasteiger partial charge in [-0.3, -0.25) is 4.79 Å². The van der Waals surface area contributed by atoms with Crippen LogP contribution in [0.5, 0.6) is 0 Å². The summed E-state index contributed by atoms with van der Waals surface area (Å²) in [5.41, 5.74) is 8.45. The molecule has 1 heterocycles. The summed E-state index contributed by atoms with van der Waals surface area (Å²) in [5, 5.41) is 0. The fourth-order valence-electron chi connectivity index (χ4n) is 3.79. The fourth-order valence-corrected chi connectivity index (χ4v) is 3.79. The van der Waals surface area contributed by atoms with E-state index >= 15 is 0 Å². The van der Waals surface area contributed by atoms with E-state index in [1.165, 1.54) is 30.4 Å². The topological polar surface area (TPSA) is 66.6 Å². The van der Waals surface area contributed by atoms with Crippen LogP contribution in [0.3, 0.4) is 0 Å². The molecule has 124 valence electrons. The van der Waals surface area contributed by atoms with Crippen molar-refractivity contribution in [1.82, 2.24) is 9.80 Å². The quantitative estimate of drug-likeness (QED) is 0.814. The van der Waals surface area contributed by atoms with E-state index in [-0.39, 0.29) is 11.3 Å². The van der Waals surface area contributed by atoms with Gasteiger partial charge in [-0.15, -0.1) is 0 Å². The van der Waals surface area contributed by atoms with Gasteiger partial charge in [0.2, 0.25) is 5.91 Å². The predicted molar refractivity (Wildman–Crippen MR) is 87.3 cm³/mol. The van der Waals surface area contributed by atoms with Gasteiger partial charge in [0.05, 0.1) is 0 Å². The molecule has 0 atom stereocenters. The molecule has 0 bridgehead atoms. The highest BCUT2D eigenvalue weighted by Gasteiger charge is 2.29. The Morgan fingerprint density at radius 3 is 2.27 bits per heavy atom. The summed E-state index contributed by atoms with van der Waals surface area (Å²) >= 11 is 0. The molecule has 1 aliphatic heterocycles. The predicted octanol–water partition coefficient (Wildman–Crippen LogP) is 2.52. The first kappa shape index (κ1) is 16.8. The number of rotatable bonds is 3. The van der Waals surface area contributed by atoms with Crippen LogP contribution in [0.2, 0.25) is 0 Å². The van der Waals surface area contributed by atoms with Gasteiger partial charge >= 0.3 is 6.03 Å². The molecule has 2 N–H and O–H groups in total. The van der Waals surface area contributed by atoms with Crippen molar-refractivity contribution in [2.45, 2.75) is 52.9 Å². The molecular weight excluding hydrogens is 278 g/mol. The van der Waals surface area contributed by atoms with E-state index in [9.17, 15) is 9.59 Å². The SMILES string of the molecule is CC1=C(CCC(=O)N2CCN(C(N)=O)CC2)C(C)(C)CCC1. The van der Waals surface area contributed by atoms with Gasteiger partial charge in [-0.2, -0.15) is 0 Å². The van der Waals surface area contributed by atoms with Gasteiger partial charge in [-0.1, -0.05) is 25.0 Å². The van der Waals surface area contributed by atoms with Gasteiger partial charge in [-0.25, -0.2) is 4.79 Å². The second kappa shape index (κ2) is 6.71. The number of carbonyl (C=O) groups excluding carboxylic acids is 2. The van der Waals surface area contributed by atoms with E-state index in [4.69, 9.17) is 5.73 Å². The number of piperazine rings is 1. The highest BCUT2D eigenvalue weighted by molar-refractivity contribution is 5.77. The Kier molecular flexibility index (Phi) is 5.14. The minimum atomic E-state index is -0.392. The lowest BCUT2D eigenvalue weighted by Crippen LogP contribution is -2.52. The molecule has 5 heteroatoms. The standard InChI is InChI=1S/C17H29N3O2/c1-13-5-4-8-17(2,3)14(13)6-7-15(21)19-9-11-20(12-10-19)16(18)22/h4-12H2,1-3H3,(H2,18,22). The molecule has 0 aromatic rings. The van der Waals surface area contributed by atoms with Gasteiger partial charge in [0.25, 0.3) is 0 Å². The van der Waals surface area contributed by atoms with Crippen molar-refractivity contribution in [2.75, 3.05) is 26.2 Å². The zero-order chi connectivity index (χ0) is 16.3. The normalized spacial score (nSPS) is 22.0. The molecular formula is C17H29N3O2. The molecule has 22 heavy (non-hydrogen) atoms. The van der Waals surface area contributed by atoms with Crippen LogP contribution in [-0.2, 0) is 4.79 Å². The maximum absolute atomic E-state index is 12.4. The molecule has 0 radical (unpaired) electrons. The molecule has 0 saturated carbocycles. The van der Waals surface area contributed by atoms with E-state index in [1.807, 2.05) is 4.90 Å². The van der Waals surface area contributed by atoms with Crippen molar-refractivity contribution >= 4 is 11.9 Å². The summed E-state index contributed by atoms with van der Waals surface area (Å²) in [4.78, 5) is 27.0. The van der Waals surface area contributed by atoms with Gasteiger partial charge < -0.3 is 15.5 Å². The minimum Gasteiger partial charge on any atom is -0.351 e. The minimum absolute atomic E-state index is 0.200. The summed E-state index contributed by atoms with van der Waals surface area (Å²) in [6.07, 6.45) is 5.08. The molecule has 1 fully saturated rings. The van der Waals surface area contributed by atoms with Crippen molar-refractivity contribution in [3.05, 3.63) is 11.1 Å². The summed E-state index contributed by atoms with van der Waals surface area (Å²) in [5.74, 6) is 0.200. The van der Waals surface area contributed by atoms with Crippen LogP contribution in [0.25, 0.3) is 0 Å². The first-order valence-electron chi connectivity index (χ1n) is 8.32. The van der Waals surface area contributed by atoms with Crippen molar-refractivity contribution in [3.63, 3.8) is 0 Å². The molecule has 3 amide bonds. The smallest absolute Gasteiger partial charge is 0.314 e. The van der Waals surface area contributed by atoms with Crippen LogP contribution < -0.4 is 5.73 Å². The maximum atomic E-state index is 12.4. The van der Waals surface area contributed by atoms with Gasteiger partial charge in [0.1, 0.15) is 0 Å². The Morgan fingerprint density at radius 1 is 1.14 bits per heavy atom. The largest absolute Gasteiger partial charge is 0.351 e. The van der Waals surface area contributed by atoms with Crippen LogP contribution >= 0.6 is 0 Å². The Balaban J connectivity index is 1.87. The van der Waals surface area contributed by atoms with E-state index in [0.717, 1.165) is 6.42 Å². The van der Waals surface area contributed by atoms with E-state index < -0.39 is 6.03 Å². The number of amides is 3. The summed E-state index contributed by atoms with van der Waals surface area (Å²) in [6, 6.07) is -0.392. The number of hydrogen-bond donors (Lipinski definition) is 1. The third kappa shape index (κ3) is 3.81. The van der Waals surface area contributed by atoms with E-state index in [1.54, 1.807) is 4.90 Å². The third-order valence-electron chi connectivity index (χ3n) is 5.22. The number of nitrogens with two attached hydrogens (primary N) is 1. The number of carbonyl (C=O) groups is 2. The van der Waals surface area contributed by atoms with Gasteiger partial charge in [0, 0.05) is 32.6 Å². The van der Waals surface area contributed by atoms with Gasteiger partial charge in [-0.05, 0) is 38.0 Å². The number of primary amides is 1. The molecule has 0 aromatic carbocycles. The summed E-state index contributed by atoms with van der Waals surface area (Å²) in [6.45, 7) is 9.10. The number of allylic oxidation sites excluding steroid dienone is 2. The lowest BCUT2D eigenvalue weighted by atomic mass is 9.71. The van der Waals surface area contributed by atoms with Crippen molar-refractivity contribution < 1.29 is 9.59 Å². The Bertz CT molecular complexity index is 474. The highest BCUT2D eigenvalue weighted by atomic mass is 16.2. The molecule has 0 aromatic heterocycles. The van der Waals surface area contributed by atoms with Crippen LogP contribution in [0.15, 0.2) is 11.1 Å². The summed E-state index contributed by atoms with van der Waals surface area (Å²) in [7, 11) is 0. The Labute approximate surface area is 133 Å². The second-order valence-electron chi connectivity index (χ2n) is 7.20. The van der Waals surface area contributed by atoms with Crippen molar-refractivity contribution in [3.8, 4) is 0 Å².